The van der Waals surface area contributed by atoms with Crippen molar-refractivity contribution in [3.63, 3.8) is 0 Å². The van der Waals surface area contributed by atoms with E-state index in [2.05, 4.69) is 24.3 Å². The Morgan fingerprint density at radius 1 is 1.50 bits per heavy atom. The Labute approximate surface area is 102 Å². The maximum Gasteiger partial charge on any atom is 0.131 e. The molecule has 5 heteroatoms. The van der Waals surface area contributed by atoms with E-state index in [1.54, 1.807) is 4.68 Å². The Kier molecular flexibility index (Phi) is 4.77. The normalized spacial score (nSPS) is 13.4. The van der Waals surface area contributed by atoms with Gasteiger partial charge in [0.15, 0.2) is 0 Å². The molecule has 0 aliphatic heterocycles. The second-order valence-electron chi connectivity index (χ2n) is 4.39. The highest BCUT2D eigenvalue weighted by Crippen LogP contribution is 2.18. The molecular weight excluding hydrogens is 226 g/mol. The average Bonchev–Trinajstić information content (AvgIpc) is 2.44. The molecule has 1 rings (SSSR count). The lowest BCUT2D eigenvalue weighted by atomic mass is 10.1. The second-order valence-corrected chi connectivity index (χ2v) is 4.75. The molecule has 0 saturated heterocycles. The molecule has 0 unspecified atom stereocenters. The fraction of sp³-hybridized carbons (Fsp3) is 0.727. The van der Waals surface area contributed by atoms with Gasteiger partial charge < -0.3 is 10.4 Å². The molecule has 0 aromatic carbocycles. The van der Waals surface area contributed by atoms with Crippen LogP contribution >= 0.6 is 11.6 Å². The molecule has 0 bridgehead atoms. The Bertz CT molecular complexity index is 349. The summed E-state index contributed by atoms with van der Waals surface area (Å²) >= 11 is 6.12. The summed E-state index contributed by atoms with van der Waals surface area (Å²) in [6.07, 6.45) is 0. The van der Waals surface area contributed by atoms with E-state index in [0.717, 1.165) is 11.3 Å². The predicted octanol–water partition coefficient (Wildman–Crippen LogP) is 1.49. The predicted molar refractivity (Wildman–Crippen MR) is 65.5 cm³/mol. The molecular formula is C11H20ClN3O. The summed E-state index contributed by atoms with van der Waals surface area (Å²) in [5, 5.41) is 17.4. The molecule has 4 nitrogen and oxygen atoms in total. The maximum absolute atomic E-state index is 9.20. The standard InChI is InChI=1S/C11H20ClN3O/c1-7(2)10(6-16)13-5-9-8(3)14-15(4)11(9)12/h7,10,13,16H,5-6H2,1-4H3/t10-/m1/s1. The summed E-state index contributed by atoms with van der Waals surface area (Å²) in [6, 6.07) is 0.0932. The van der Waals surface area contributed by atoms with Gasteiger partial charge in [-0.2, -0.15) is 5.10 Å². The average molecular weight is 246 g/mol. The third-order valence-electron chi connectivity index (χ3n) is 2.81. The Balaban J connectivity index is 2.67. The third-order valence-corrected chi connectivity index (χ3v) is 3.29. The van der Waals surface area contributed by atoms with Gasteiger partial charge in [0.25, 0.3) is 0 Å². The summed E-state index contributed by atoms with van der Waals surface area (Å²) in [5.41, 5.74) is 1.93. The van der Waals surface area contributed by atoms with Crippen LogP contribution in [0.25, 0.3) is 0 Å². The lowest BCUT2D eigenvalue weighted by Crippen LogP contribution is -2.36. The summed E-state index contributed by atoms with van der Waals surface area (Å²) in [6.45, 7) is 6.86. The number of halogens is 1. The van der Waals surface area contributed by atoms with Crippen LogP contribution in [0.2, 0.25) is 5.15 Å². The number of nitrogens with zero attached hydrogens (tertiary/aromatic N) is 2. The van der Waals surface area contributed by atoms with E-state index >= 15 is 0 Å². The molecule has 0 spiro atoms. The first-order valence-electron chi connectivity index (χ1n) is 5.49. The van der Waals surface area contributed by atoms with Gasteiger partial charge in [-0.25, -0.2) is 0 Å². The molecule has 16 heavy (non-hydrogen) atoms. The van der Waals surface area contributed by atoms with E-state index in [0.29, 0.717) is 17.6 Å². The number of nitrogens with one attached hydrogen (secondary N) is 1. The Morgan fingerprint density at radius 3 is 2.50 bits per heavy atom. The zero-order valence-electron chi connectivity index (χ0n) is 10.3. The molecule has 0 radical (unpaired) electrons. The number of hydrogen-bond donors (Lipinski definition) is 2. The van der Waals surface area contributed by atoms with Crippen molar-refractivity contribution >= 4 is 11.6 Å². The highest BCUT2D eigenvalue weighted by molar-refractivity contribution is 6.30. The Hall–Kier alpha value is -0.580. The first-order valence-corrected chi connectivity index (χ1v) is 5.87. The highest BCUT2D eigenvalue weighted by atomic mass is 35.5. The lowest BCUT2D eigenvalue weighted by Gasteiger charge is -2.19. The molecule has 0 saturated carbocycles. The minimum atomic E-state index is 0.0932. The van der Waals surface area contributed by atoms with Crippen molar-refractivity contribution in [1.29, 1.82) is 0 Å². The molecule has 0 amide bonds. The van der Waals surface area contributed by atoms with Gasteiger partial charge in [-0.05, 0) is 12.8 Å². The molecule has 1 aromatic heterocycles. The minimum absolute atomic E-state index is 0.0932. The summed E-state index contributed by atoms with van der Waals surface area (Å²) < 4.78 is 1.66. The van der Waals surface area contributed by atoms with E-state index in [9.17, 15) is 5.11 Å². The third kappa shape index (κ3) is 2.97. The van der Waals surface area contributed by atoms with Crippen molar-refractivity contribution in [1.82, 2.24) is 15.1 Å². The topological polar surface area (TPSA) is 50.1 Å². The smallest absolute Gasteiger partial charge is 0.131 e. The van der Waals surface area contributed by atoms with Crippen LogP contribution in [0, 0.1) is 12.8 Å². The van der Waals surface area contributed by atoms with Crippen LogP contribution in [0.1, 0.15) is 25.1 Å². The molecule has 1 heterocycles. The van der Waals surface area contributed by atoms with Gasteiger partial charge in [0.05, 0.1) is 12.3 Å². The summed E-state index contributed by atoms with van der Waals surface area (Å²) in [5.74, 6) is 0.390. The van der Waals surface area contributed by atoms with E-state index in [1.165, 1.54) is 0 Å². The minimum Gasteiger partial charge on any atom is -0.395 e. The van der Waals surface area contributed by atoms with Crippen molar-refractivity contribution in [2.45, 2.75) is 33.4 Å². The first-order chi connectivity index (χ1) is 7.47. The quantitative estimate of drug-likeness (QED) is 0.827. The summed E-state index contributed by atoms with van der Waals surface area (Å²) in [7, 11) is 1.82. The van der Waals surface area contributed by atoms with E-state index in [-0.39, 0.29) is 12.6 Å². The van der Waals surface area contributed by atoms with Crippen LogP contribution in [0.3, 0.4) is 0 Å². The van der Waals surface area contributed by atoms with Gasteiger partial charge in [0, 0.05) is 25.2 Å². The van der Waals surface area contributed by atoms with E-state index in [4.69, 9.17) is 11.6 Å². The van der Waals surface area contributed by atoms with Gasteiger partial charge in [-0.3, -0.25) is 4.68 Å². The zero-order chi connectivity index (χ0) is 12.3. The van der Waals surface area contributed by atoms with Crippen LogP contribution < -0.4 is 5.32 Å². The van der Waals surface area contributed by atoms with Gasteiger partial charge in [0.2, 0.25) is 0 Å². The van der Waals surface area contributed by atoms with Crippen LogP contribution in [0.5, 0.6) is 0 Å². The van der Waals surface area contributed by atoms with Crippen molar-refractivity contribution in [3.05, 3.63) is 16.4 Å². The molecule has 1 atom stereocenters. The highest BCUT2D eigenvalue weighted by Gasteiger charge is 2.15. The monoisotopic (exact) mass is 245 g/mol. The number of aromatic nitrogens is 2. The van der Waals surface area contributed by atoms with Crippen LogP contribution in [-0.4, -0.2) is 27.5 Å². The Morgan fingerprint density at radius 2 is 2.12 bits per heavy atom. The number of aliphatic hydroxyl groups excluding tert-OH is 1. The van der Waals surface area contributed by atoms with Gasteiger partial charge in [0.1, 0.15) is 5.15 Å². The van der Waals surface area contributed by atoms with Gasteiger partial charge >= 0.3 is 0 Å². The molecule has 92 valence electrons. The molecule has 0 aliphatic carbocycles. The number of hydrogen-bond acceptors (Lipinski definition) is 3. The maximum atomic E-state index is 9.20. The zero-order valence-corrected chi connectivity index (χ0v) is 11.0. The molecule has 1 aromatic rings. The SMILES string of the molecule is Cc1nn(C)c(Cl)c1CN[C@H](CO)C(C)C. The second kappa shape index (κ2) is 5.66. The lowest BCUT2D eigenvalue weighted by molar-refractivity contribution is 0.210. The summed E-state index contributed by atoms with van der Waals surface area (Å²) in [4.78, 5) is 0. The van der Waals surface area contributed by atoms with Gasteiger partial charge in [-0.1, -0.05) is 25.4 Å². The van der Waals surface area contributed by atoms with Crippen molar-refractivity contribution in [2.75, 3.05) is 6.61 Å². The first kappa shape index (κ1) is 13.5. The van der Waals surface area contributed by atoms with Crippen LogP contribution in [-0.2, 0) is 13.6 Å². The van der Waals surface area contributed by atoms with Crippen molar-refractivity contribution < 1.29 is 5.11 Å². The molecule has 0 aliphatic rings. The van der Waals surface area contributed by atoms with Crippen LogP contribution in [0.4, 0.5) is 0 Å². The largest absolute Gasteiger partial charge is 0.395 e. The number of aryl methyl sites for hydroxylation is 2. The fourth-order valence-corrected chi connectivity index (χ4v) is 1.86. The number of rotatable bonds is 5. The molecule has 0 fully saturated rings. The van der Waals surface area contributed by atoms with E-state index in [1.807, 2.05) is 14.0 Å². The fourth-order valence-electron chi connectivity index (χ4n) is 1.62. The van der Waals surface area contributed by atoms with Crippen molar-refractivity contribution in [2.24, 2.45) is 13.0 Å². The number of aliphatic hydroxyl groups is 1. The van der Waals surface area contributed by atoms with E-state index < -0.39 is 0 Å². The van der Waals surface area contributed by atoms with Crippen molar-refractivity contribution in [3.8, 4) is 0 Å². The van der Waals surface area contributed by atoms with Gasteiger partial charge in [-0.15, -0.1) is 0 Å². The van der Waals surface area contributed by atoms with Crippen LogP contribution in [0.15, 0.2) is 0 Å². The molecule has 2 N–H and O–H groups in total.